The van der Waals surface area contributed by atoms with Crippen molar-refractivity contribution in [2.45, 2.75) is 6.42 Å². The van der Waals surface area contributed by atoms with Crippen LogP contribution in [0.4, 0.5) is 0 Å². The van der Waals surface area contributed by atoms with Crippen molar-refractivity contribution >= 4 is 6.29 Å². The molecule has 0 aromatic heterocycles. The van der Waals surface area contributed by atoms with Gasteiger partial charge in [0.05, 0.1) is 0 Å². The second kappa shape index (κ2) is 1.25. The SMILES string of the molecule is O=[C]CC1C=C1. The molecule has 0 aromatic carbocycles. The molecule has 0 amide bonds. The van der Waals surface area contributed by atoms with Crippen LogP contribution >= 0.6 is 0 Å². The number of hydrogen-bond donors (Lipinski definition) is 0. The highest BCUT2D eigenvalue weighted by Gasteiger charge is 2.08. The summed E-state index contributed by atoms with van der Waals surface area (Å²) >= 11 is 0. The summed E-state index contributed by atoms with van der Waals surface area (Å²) in [6, 6.07) is 0. The summed E-state index contributed by atoms with van der Waals surface area (Å²) in [4.78, 5) is 9.49. The van der Waals surface area contributed by atoms with Crippen LogP contribution in [-0.4, -0.2) is 6.29 Å². The number of hydrogen-bond acceptors (Lipinski definition) is 1. The fraction of sp³-hybridized carbons (Fsp3) is 0.400. The van der Waals surface area contributed by atoms with E-state index in [0.29, 0.717) is 12.3 Å². The summed E-state index contributed by atoms with van der Waals surface area (Å²) < 4.78 is 0. The normalized spacial score (nSPS) is 18.0. The van der Waals surface area contributed by atoms with E-state index in [-0.39, 0.29) is 0 Å². The van der Waals surface area contributed by atoms with Crippen molar-refractivity contribution in [2.75, 3.05) is 0 Å². The Balaban J connectivity index is 2.04. The van der Waals surface area contributed by atoms with Crippen LogP contribution < -0.4 is 0 Å². The molecule has 0 spiro atoms. The molecule has 1 radical (unpaired) electrons. The van der Waals surface area contributed by atoms with Crippen molar-refractivity contribution in [2.24, 2.45) is 5.92 Å². The van der Waals surface area contributed by atoms with Gasteiger partial charge in [-0.3, -0.25) is 4.79 Å². The van der Waals surface area contributed by atoms with Crippen LogP contribution in [0.5, 0.6) is 0 Å². The minimum atomic E-state index is 0.475. The summed E-state index contributed by atoms with van der Waals surface area (Å²) in [6.45, 7) is 0. The molecule has 1 rings (SSSR count). The molecule has 0 saturated carbocycles. The highest BCUT2D eigenvalue weighted by atomic mass is 16.1. The van der Waals surface area contributed by atoms with Crippen LogP contribution in [0, 0.1) is 5.92 Å². The van der Waals surface area contributed by atoms with Crippen LogP contribution in [0.2, 0.25) is 0 Å². The van der Waals surface area contributed by atoms with Gasteiger partial charge in [-0.2, -0.15) is 0 Å². The van der Waals surface area contributed by atoms with Gasteiger partial charge < -0.3 is 0 Å². The maximum atomic E-state index is 9.49. The van der Waals surface area contributed by atoms with E-state index in [0.717, 1.165) is 0 Å². The first kappa shape index (κ1) is 3.59. The third-order valence-corrected chi connectivity index (χ3v) is 0.784. The van der Waals surface area contributed by atoms with E-state index in [2.05, 4.69) is 0 Å². The van der Waals surface area contributed by atoms with Crippen LogP contribution in [0.25, 0.3) is 0 Å². The van der Waals surface area contributed by atoms with Crippen LogP contribution in [0.15, 0.2) is 12.2 Å². The molecule has 31 valence electrons. The first-order valence-electron chi connectivity index (χ1n) is 1.97. The van der Waals surface area contributed by atoms with Gasteiger partial charge in [0.1, 0.15) is 0 Å². The molecule has 0 unspecified atom stereocenters. The summed E-state index contributed by atoms with van der Waals surface area (Å²) in [5.74, 6) is 0.475. The van der Waals surface area contributed by atoms with E-state index < -0.39 is 0 Å². The summed E-state index contributed by atoms with van der Waals surface area (Å²) in [5, 5.41) is 0. The Morgan fingerprint density at radius 1 is 1.67 bits per heavy atom. The molecule has 6 heavy (non-hydrogen) atoms. The molecular formula is C5H5O. The Morgan fingerprint density at radius 2 is 2.33 bits per heavy atom. The molecule has 0 aromatic rings. The fourth-order valence-electron chi connectivity index (χ4n) is 0.311. The highest BCUT2D eigenvalue weighted by Crippen LogP contribution is 2.17. The first-order chi connectivity index (χ1) is 2.93. The van der Waals surface area contributed by atoms with Gasteiger partial charge in [0.25, 0.3) is 0 Å². The predicted molar refractivity (Wildman–Crippen MR) is 22.9 cm³/mol. The van der Waals surface area contributed by atoms with E-state index >= 15 is 0 Å². The molecule has 1 nitrogen and oxygen atoms in total. The molecule has 0 N–H and O–H groups in total. The maximum absolute atomic E-state index is 9.49. The maximum Gasteiger partial charge on any atom is 0.199 e. The van der Waals surface area contributed by atoms with Crippen molar-refractivity contribution in [3.63, 3.8) is 0 Å². The predicted octanol–water partition coefficient (Wildman–Crippen LogP) is 0.672. The third kappa shape index (κ3) is 0.677. The van der Waals surface area contributed by atoms with Crippen molar-refractivity contribution in [3.05, 3.63) is 12.2 Å². The van der Waals surface area contributed by atoms with Crippen molar-refractivity contribution in [1.29, 1.82) is 0 Å². The Hall–Kier alpha value is -0.590. The van der Waals surface area contributed by atoms with Gasteiger partial charge >= 0.3 is 0 Å². The Labute approximate surface area is 36.7 Å². The van der Waals surface area contributed by atoms with E-state index in [4.69, 9.17) is 0 Å². The highest BCUT2D eigenvalue weighted by molar-refractivity contribution is 5.53. The second-order valence-corrected chi connectivity index (χ2v) is 1.40. The van der Waals surface area contributed by atoms with Gasteiger partial charge in [-0.05, 0) is 0 Å². The molecule has 1 heteroatoms. The lowest BCUT2D eigenvalue weighted by molar-refractivity contribution is 0.549. The third-order valence-electron chi connectivity index (χ3n) is 0.784. The van der Waals surface area contributed by atoms with Crippen LogP contribution in [-0.2, 0) is 4.79 Å². The largest absolute Gasteiger partial charge is 0.291 e. The summed E-state index contributed by atoms with van der Waals surface area (Å²) in [6.07, 6.45) is 6.37. The minimum absolute atomic E-state index is 0.475. The molecule has 0 bridgehead atoms. The van der Waals surface area contributed by atoms with E-state index in [1.54, 1.807) is 0 Å². The molecule has 1 aliphatic carbocycles. The Bertz CT molecular complexity index is 77.9. The molecular weight excluding hydrogens is 76.1 g/mol. The fourth-order valence-corrected chi connectivity index (χ4v) is 0.311. The molecule has 0 fully saturated rings. The average molecular weight is 81.1 g/mol. The monoisotopic (exact) mass is 81.0 g/mol. The van der Waals surface area contributed by atoms with E-state index in [9.17, 15) is 4.79 Å². The van der Waals surface area contributed by atoms with Crippen molar-refractivity contribution in [3.8, 4) is 0 Å². The standard InChI is InChI=1S/C5H5O/c6-4-3-5-1-2-5/h1-2,5H,3H2. The Kier molecular flexibility index (Phi) is 0.748. The van der Waals surface area contributed by atoms with Gasteiger partial charge in [0, 0.05) is 12.3 Å². The molecule has 0 saturated heterocycles. The van der Waals surface area contributed by atoms with Gasteiger partial charge in [-0.15, -0.1) is 0 Å². The molecule has 0 aliphatic heterocycles. The lowest BCUT2D eigenvalue weighted by Crippen LogP contribution is -1.74. The number of rotatable bonds is 2. The zero-order valence-corrected chi connectivity index (χ0v) is 3.35. The van der Waals surface area contributed by atoms with Gasteiger partial charge in [-0.1, -0.05) is 12.2 Å². The van der Waals surface area contributed by atoms with Crippen molar-refractivity contribution < 1.29 is 4.79 Å². The molecule has 1 aliphatic rings. The second-order valence-electron chi connectivity index (χ2n) is 1.40. The molecule has 0 atom stereocenters. The zero-order valence-electron chi connectivity index (χ0n) is 3.35. The lowest BCUT2D eigenvalue weighted by atomic mass is 10.3. The topological polar surface area (TPSA) is 17.1 Å². The smallest absolute Gasteiger partial charge is 0.199 e. The van der Waals surface area contributed by atoms with E-state index in [1.165, 1.54) is 0 Å². The lowest BCUT2D eigenvalue weighted by Gasteiger charge is -1.73. The van der Waals surface area contributed by atoms with Gasteiger partial charge in [0.15, 0.2) is 6.29 Å². The van der Waals surface area contributed by atoms with Gasteiger partial charge in [-0.25, -0.2) is 0 Å². The first-order valence-corrected chi connectivity index (χ1v) is 1.97. The Morgan fingerprint density at radius 3 is 2.50 bits per heavy atom. The average Bonchev–Trinajstić information content (AvgIpc) is 2.21. The van der Waals surface area contributed by atoms with E-state index in [1.807, 2.05) is 18.4 Å². The van der Waals surface area contributed by atoms with Crippen LogP contribution in [0.1, 0.15) is 6.42 Å². The van der Waals surface area contributed by atoms with Crippen LogP contribution in [0.3, 0.4) is 0 Å². The summed E-state index contributed by atoms with van der Waals surface area (Å²) in [5.41, 5.74) is 0. The van der Waals surface area contributed by atoms with Gasteiger partial charge in [0.2, 0.25) is 0 Å². The van der Waals surface area contributed by atoms with Crippen molar-refractivity contribution in [1.82, 2.24) is 0 Å². The number of carbonyl (C=O) groups excluding carboxylic acids is 1. The molecule has 0 heterocycles. The summed E-state index contributed by atoms with van der Waals surface area (Å²) in [7, 11) is 0. The minimum Gasteiger partial charge on any atom is -0.291 e. The zero-order chi connectivity index (χ0) is 4.41. The number of allylic oxidation sites excluding steroid dienone is 2. The quantitative estimate of drug-likeness (QED) is 0.446.